The Hall–Kier alpha value is -0.863. The molecule has 0 spiro atoms. The molecular weight excluding hydrogens is 272 g/mol. The van der Waals surface area contributed by atoms with Crippen LogP contribution in [0.25, 0.3) is 0 Å². The van der Waals surface area contributed by atoms with Crippen LogP contribution in [0.3, 0.4) is 0 Å². The molecule has 1 nitrogen and oxygen atoms in total. The quantitative estimate of drug-likeness (QED) is 0.413. The molecular formula is C19H32OSi. The van der Waals surface area contributed by atoms with E-state index in [1.807, 2.05) is 0 Å². The van der Waals surface area contributed by atoms with Crippen molar-refractivity contribution >= 4 is 8.32 Å². The first-order valence-corrected chi connectivity index (χ1v) is 11.1. The molecule has 0 amide bonds. The van der Waals surface area contributed by atoms with E-state index in [1.54, 1.807) is 0 Å². The molecule has 0 radical (unpaired) electrons. The van der Waals surface area contributed by atoms with Gasteiger partial charge < -0.3 is 4.43 Å². The Morgan fingerprint density at radius 2 is 1.71 bits per heavy atom. The molecule has 0 saturated heterocycles. The van der Waals surface area contributed by atoms with Crippen molar-refractivity contribution in [1.82, 2.24) is 0 Å². The maximum atomic E-state index is 6.66. The van der Waals surface area contributed by atoms with Gasteiger partial charge in [0.1, 0.15) is 0 Å². The van der Waals surface area contributed by atoms with Crippen LogP contribution in [0.5, 0.6) is 0 Å². The van der Waals surface area contributed by atoms with Gasteiger partial charge in [-0.25, -0.2) is 0 Å². The monoisotopic (exact) mass is 304 g/mol. The highest BCUT2D eigenvalue weighted by Crippen LogP contribution is 2.40. The van der Waals surface area contributed by atoms with Gasteiger partial charge >= 0.3 is 0 Å². The van der Waals surface area contributed by atoms with E-state index in [0.717, 1.165) is 12.8 Å². The van der Waals surface area contributed by atoms with Crippen LogP contribution < -0.4 is 0 Å². The lowest BCUT2D eigenvalue weighted by molar-refractivity contribution is 0.186. The Bertz CT molecular complexity index is 429. The van der Waals surface area contributed by atoms with Crippen LogP contribution in [0.2, 0.25) is 18.1 Å². The van der Waals surface area contributed by atoms with Gasteiger partial charge in [-0.3, -0.25) is 0 Å². The number of allylic oxidation sites excluding steroid dienone is 1. The van der Waals surface area contributed by atoms with Crippen LogP contribution in [0.4, 0.5) is 0 Å². The number of benzene rings is 1. The molecule has 0 aromatic heterocycles. The average Bonchev–Trinajstić information content (AvgIpc) is 2.42. The van der Waals surface area contributed by atoms with E-state index < -0.39 is 8.32 Å². The van der Waals surface area contributed by atoms with E-state index in [0.29, 0.717) is 0 Å². The first-order chi connectivity index (χ1) is 9.78. The molecule has 1 aromatic carbocycles. The fourth-order valence-corrected chi connectivity index (χ4v) is 3.25. The Kier molecular flexibility index (Phi) is 6.89. The van der Waals surface area contributed by atoms with Gasteiger partial charge in [0.15, 0.2) is 8.32 Å². The molecule has 0 aliphatic heterocycles. The molecule has 0 heterocycles. The summed E-state index contributed by atoms with van der Waals surface area (Å²) in [6.07, 6.45) is 8.08. The summed E-state index contributed by atoms with van der Waals surface area (Å²) in [6, 6.07) is 10.6. The van der Waals surface area contributed by atoms with Gasteiger partial charge in [0.05, 0.1) is 6.10 Å². The molecule has 0 aliphatic rings. The van der Waals surface area contributed by atoms with Crippen LogP contribution in [-0.2, 0) is 4.43 Å². The van der Waals surface area contributed by atoms with Gasteiger partial charge in [-0.2, -0.15) is 0 Å². The first kappa shape index (κ1) is 18.2. The fourth-order valence-electron chi connectivity index (χ4n) is 1.96. The molecule has 1 aromatic rings. The van der Waals surface area contributed by atoms with Crippen molar-refractivity contribution in [3.05, 3.63) is 48.0 Å². The van der Waals surface area contributed by atoms with E-state index in [9.17, 15) is 0 Å². The second kappa shape index (κ2) is 7.95. The van der Waals surface area contributed by atoms with Crippen molar-refractivity contribution in [1.29, 1.82) is 0 Å². The van der Waals surface area contributed by atoms with Crippen molar-refractivity contribution in [2.75, 3.05) is 0 Å². The molecule has 2 heteroatoms. The van der Waals surface area contributed by atoms with Crippen molar-refractivity contribution in [3.63, 3.8) is 0 Å². The zero-order chi connectivity index (χ0) is 15.9. The van der Waals surface area contributed by atoms with Gasteiger partial charge in [0, 0.05) is 0 Å². The minimum Gasteiger partial charge on any atom is -0.410 e. The van der Waals surface area contributed by atoms with Gasteiger partial charge in [0.25, 0.3) is 0 Å². The molecule has 0 bridgehead atoms. The number of rotatable bonds is 7. The fraction of sp³-hybridized carbons (Fsp3) is 0.579. The molecule has 0 aliphatic carbocycles. The SMILES string of the molecule is CCC/C=C\CC(O[Si](C)(C)C(C)(C)C)c1ccccc1. The highest BCUT2D eigenvalue weighted by Gasteiger charge is 2.39. The van der Waals surface area contributed by atoms with Crippen molar-refractivity contribution in [2.45, 2.75) is 71.2 Å². The Morgan fingerprint density at radius 3 is 2.24 bits per heavy atom. The molecule has 0 N–H and O–H groups in total. The van der Waals surface area contributed by atoms with E-state index in [2.05, 4.69) is 83.3 Å². The summed E-state index contributed by atoms with van der Waals surface area (Å²) in [5.74, 6) is 0. The second-order valence-corrected chi connectivity index (χ2v) is 12.0. The molecule has 1 rings (SSSR count). The number of hydrogen-bond acceptors (Lipinski definition) is 1. The number of hydrogen-bond donors (Lipinski definition) is 0. The van der Waals surface area contributed by atoms with E-state index in [-0.39, 0.29) is 11.1 Å². The summed E-state index contributed by atoms with van der Waals surface area (Å²) in [6.45, 7) is 13.8. The van der Waals surface area contributed by atoms with Crippen molar-refractivity contribution in [3.8, 4) is 0 Å². The molecule has 21 heavy (non-hydrogen) atoms. The summed E-state index contributed by atoms with van der Waals surface area (Å²) in [5, 5.41) is 0.243. The smallest absolute Gasteiger partial charge is 0.192 e. The average molecular weight is 305 g/mol. The third kappa shape index (κ3) is 5.80. The van der Waals surface area contributed by atoms with Gasteiger partial charge in [0.2, 0.25) is 0 Å². The van der Waals surface area contributed by atoms with Crippen LogP contribution >= 0.6 is 0 Å². The van der Waals surface area contributed by atoms with Crippen LogP contribution in [0, 0.1) is 0 Å². The summed E-state index contributed by atoms with van der Waals surface area (Å²) in [5.41, 5.74) is 1.29. The third-order valence-corrected chi connectivity index (χ3v) is 8.87. The zero-order valence-corrected chi connectivity index (χ0v) is 15.6. The topological polar surface area (TPSA) is 9.23 Å². The Morgan fingerprint density at radius 1 is 1.10 bits per heavy atom. The normalized spacial score (nSPS) is 14.6. The summed E-state index contributed by atoms with van der Waals surface area (Å²) in [7, 11) is -1.75. The summed E-state index contributed by atoms with van der Waals surface area (Å²) in [4.78, 5) is 0. The zero-order valence-electron chi connectivity index (χ0n) is 14.6. The van der Waals surface area contributed by atoms with Gasteiger partial charge in [-0.1, -0.05) is 76.6 Å². The standard InChI is InChI=1S/C19H32OSi/c1-7-8-9-13-16-18(17-14-11-10-12-15-17)20-21(5,6)19(2,3)4/h9-15,18H,7-8,16H2,1-6H3/b13-9-. The maximum absolute atomic E-state index is 6.66. The largest absolute Gasteiger partial charge is 0.410 e. The van der Waals surface area contributed by atoms with Crippen LogP contribution in [0.15, 0.2) is 42.5 Å². The molecule has 1 unspecified atom stereocenters. The van der Waals surface area contributed by atoms with Gasteiger partial charge in [-0.15, -0.1) is 0 Å². The Balaban J connectivity index is 2.87. The minimum atomic E-state index is -1.75. The molecule has 1 atom stereocenters. The summed E-state index contributed by atoms with van der Waals surface area (Å²) >= 11 is 0. The highest BCUT2D eigenvalue weighted by molar-refractivity contribution is 6.74. The predicted octanol–water partition coefficient (Wildman–Crippen LogP) is 6.50. The van der Waals surface area contributed by atoms with Gasteiger partial charge in [-0.05, 0) is 36.5 Å². The predicted molar refractivity (Wildman–Crippen MR) is 96.1 cm³/mol. The lowest BCUT2D eigenvalue weighted by Gasteiger charge is -2.39. The van der Waals surface area contributed by atoms with E-state index >= 15 is 0 Å². The molecule has 0 saturated carbocycles. The lowest BCUT2D eigenvalue weighted by Crippen LogP contribution is -2.41. The van der Waals surface area contributed by atoms with Crippen molar-refractivity contribution < 1.29 is 4.43 Å². The third-order valence-electron chi connectivity index (χ3n) is 4.39. The molecule has 0 fully saturated rings. The minimum absolute atomic E-state index is 0.181. The summed E-state index contributed by atoms with van der Waals surface area (Å²) < 4.78 is 6.66. The maximum Gasteiger partial charge on any atom is 0.192 e. The highest BCUT2D eigenvalue weighted by atomic mass is 28.4. The second-order valence-electron chi connectivity index (χ2n) is 7.27. The first-order valence-electron chi connectivity index (χ1n) is 8.15. The molecule has 118 valence electrons. The van der Waals surface area contributed by atoms with Crippen LogP contribution in [0.1, 0.15) is 58.6 Å². The Labute approximate surface area is 132 Å². The number of unbranched alkanes of at least 4 members (excludes halogenated alkanes) is 1. The lowest BCUT2D eigenvalue weighted by atomic mass is 10.1. The van der Waals surface area contributed by atoms with Crippen molar-refractivity contribution in [2.24, 2.45) is 0 Å². The van der Waals surface area contributed by atoms with E-state index in [4.69, 9.17) is 4.43 Å². The van der Waals surface area contributed by atoms with E-state index in [1.165, 1.54) is 12.0 Å². The van der Waals surface area contributed by atoms with Crippen LogP contribution in [-0.4, -0.2) is 8.32 Å².